The second-order valence-corrected chi connectivity index (χ2v) is 21.5. The summed E-state index contributed by atoms with van der Waals surface area (Å²) >= 11 is 0. The van der Waals surface area contributed by atoms with Crippen molar-refractivity contribution in [3.05, 3.63) is 48.6 Å². The fourth-order valence-electron chi connectivity index (χ4n) is 9.69. The van der Waals surface area contributed by atoms with Crippen LogP contribution in [0, 0.1) is 0 Å². The van der Waals surface area contributed by atoms with Gasteiger partial charge in [0.15, 0.2) is 12.6 Å². The number of esters is 1. The summed E-state index contributed by atoms with van der Waals surface area (Å²) in [7, 11) is 0. The maximum Gasteiger partial charge on any atom is 0.306 e. The van der Waals surface area contributed by atoms with Crippen LogP contribution in [0.3, 0.4) is 0 Å². The minimum atomic E-state index is -1.71. The molecule has 0 aromatic heterocycles. The van der Waals surface area contributed by atoms with E-state index in [2.05, 4.69) is 62.5 Å². The Bertz CT molecular complexity index is 1440. The lowest BCUT2D eigenvalue weighted by atomic mass is 9.98. The van der Waals surface area contributed by atoms with E-state index in [-0.39, 0.29) is 25.6 Å². The molecule has 0 aliphatic carbocycles. The second-order valence-electron chi connectivity index (χ2n) is 21.5. The SMILES string of the molecule is CC/C=C\C/C=C\C/C=C\C/C=C\CCCCCCCCCOCC(COC1OC(COC2OC(CO)C(O)C(O)C2O)C(O)C(O)C1O)OC(=O)CCCCCCCCCCCCCCCCCCCCCCCC. The lowest BCUT2D eigenvalue weighted by Crippen LogP contribution is -2.61. The monoisotopic (exact) mass is 1080 g/mol. The predicted molar refractivity (Wildman–Crippen MR) is 303 cm³/mol. The molecular formula is C62H112O14. The number of carbonyl (C=O) groups excluding carboxylic acids is 1. The maximum atomic E-state index is 13.1. The number of carbonyl (C=O) groups is 1. The summed E-state index contributed by atoms with van der Waals surface area (Å²) in [6.07, 6.45) is 43.1. The Morgan fingerprint density at radius 2 is 0.855 bits per heavy atom. The highest BCUT2D eigenvalue weighted by Gasteiger charge is 2.47. The summed E-state index contributed by atoms with van der Waals surface area (Å²) in [4.78, 5) is 13.1. The molecule has 0 radical (unpaired) electrons. The lowest BCUT2D eigenvalue weighted by Gasteiger charge is -2.42. The van der Waals surface area contributed by atoms with E-state index in [0.29, 0.717) is 13.0 Å². The highest BCUT2D eigenvalue weighted by Crippen LogP contribution is 2.27. The van der Waals surface area contributed by atoms with E-state index in [0.717, 1.165) is 70.6 Å². The number of ether oxygens (including phenoxy) is 6. The molecule has 0 aromatic carbocycles. The maximum absolute atomic E-state index is 13.1. The quantitative estimate of drug-likeness (QED) is 0.0172. The van der Waals surface area contributed by atoms with Gasteiger partial charge < -0.3 is 64.2 Å². The van der Waals surface area contributed by atoms with Gasteiger partial charge in [0.05, 0.1) is 26.4 Å². The van der Waals surface area contributed by atoms with Crippen molar-refractivity contribution < 1.29 is 69.0 Å². The van der Waals surface area contributed by atoms with Crippen molar-refractivity contribution in [2.24, 2.45) is 0 Å². The molecule has 11 atom stereocenters. The van der Waals surface area contributed by atoms with Crippen molar-refractivity contribution in [1.82, 2.24) is 0 Å². The van der Waals surface area contributed by atoms with Gasteiger partial charge in [0.25, 0.3) is 0 Å². The zero-order chi connectivity index (χ0) is 55.1. The molecule has 2 fully saturated rings. The molecule has 2 heterocycles. The molecule has 7 N–H and O–H groups in total. The minimum Gasteiger partial charge on any atom is -0.457 e. The van der Waals surface area contributed by atoms with Gasteiger partial charge in [-0.1, -0.05) is 229 Å². The van der Waals surface area contributed by atoms with Crippen LogP contribution in [0.2, 0.25) is 0 Å². The van der Waals surface area contributed by atoms with Crippen LogP contribution in [0.5, 0.6) is 0 Å². The Labute approximate surface area is 461 Å². The Balaban J connectivity index is 1.69. The Hall–Kier alpha value is -2.05. The van der Waals surface area contributed by atoms with E-state index >= 15 is 0 Å². The molecule has 14 nitrogen and oxygen atoms in total. The average Bonchev–Trinajstić information content (AvgIpc) is 3.42. The molecular weight excluding hydrogens is 969 g/mol. The third-order valence-corrected chi connectivity index (χ3v) is 14.6. The topological polar surface area (TPSA) is 214 Å². The van der Waals surface area contributed by atoms with E-state index in [1.807, 2.05) is 0 Å². The summed E-state index contributed by atoms with van der Waals surface area (Å²) in [5.41, 5.74) is 0. The van der Waals surface area contributed by atoms with Crippen LogP contribution in [-0.4, -0.2) is 142 Å². The highest BCUT2D eigenvalue weighted by atomic mass is 16.7. The molecule has 11 unspecified atom stereocenters. The summed E-state index contributed by atoms with van der Waals surface area (Å²) in [5, 5.41) is 72.4. The first-order chi connectivity index (χ1) is 37.1. The largest absolute Gasteiger partial charge is 0.457 e. The average molecular weight is 1080 g/mol. The molecule has 0 saturated carbocycles. The molecule has 444 valence electrons. The number of allylic oxidation sites excluding steroid dienone is 8. The number of aliphatic hydroxyl groups excluding tert-OH is 7. The smallest absolute Gasteiger partial charge is 0.306 e. The van der Waals surface area contributed by atoms with E-state index in [9.17, 15) is 40.5 Å². The third-order valence-electron chi connectivity index (χ3n) is 14.6. The zero-order valence-electron chi connectivity index (χ0n) is 47.7. The van der Waals surface area contributed by atoms with Gasteiger partial charge in [-0.2, -0.15) is 0 Å². The number of rotatable bonds is 50. The first-order valence-electron chi connectivity index (χ1n) is 30.7. The van der Waals surface area contributed by atoms with Gasteiger partial charge in [-0.3, -0.25) is 4.79 Å². The normalized spacial score (nSPS) is 24.8. The van der Waals surface area contributed by atoms with Gasteiger partial charge in [-0.15, -0.1) is 0 Å². The number of unbranched alkanes of at least 4 members (excludes halogenated alkanes) is 28. The van der Waals surface area contributed by atoms with Gasteiger partial charge in [0, 0.05) is 13.0 Å². The number of hydrogen-bond donors (Lipinski definition) is 7. The highest BCUT2D eigenvalue weighted by molar-refractivity contribution is 5.69. The van der Waals surface area contributed by atoms with Crippen molar-refractivity contribution in [1.29, 1.82) is 0 Å². The van der Waals surface area contributed by atoms with Gasteiger partial charge >= 0.3 is 5.97 Å². The van der Waals surface area contributed by atoms with Gasteiger partial charge in [-0.05, 0) is 51.4 Å². The van der Waals surface area contributed by atoms with Crippen LogP contribution < -0.4 is 0 Å². The Morgan fingerprint density at radius 3 is 1.34 bits per heavy atom. The Kier molecular flexibility index (Phi) is 45.0. The number of hydrogen-bond acceptors (Lipinski definition) is 14. The van der Waals surface area contributed by atoms with E-state index in [1.54, 1.807) is 0 Å². The lowest BCUT2D eigenvalue weighted by molar-refractivity contribution is -0.332. The van der Waals surface area contributed by atoms with Crippen molar-refractivity contribution in [2.45, 2.75) is 306 Å². The molecule has 2 aliphatic heterocycles. The third kappa shape index (κ3) is 34.8. The van der Waals surface area contributed by atoms with Crippen molar-refractivity contribution in [3.63, 3.8) is 0 Å². The van der Waals surface area contributed by atoms with Crippen molar-refractivity contribution in [2.75, 3.05) is 33.0 Å². The molecule has 0 bridgehead atoms. The molecule has 14 heteroatoms. The Morgan fingerprint density at radius 1 is 0.447 bits per heavy atom. The number of aliphatic hydroxyl groups is 7. The second kappa shape index (κ2) is 48.8. The van der Waals surface area contributed by atoms with Crippen LogP contribution in [0.25, 0.3) is 0 Å². The molecule has 0 aromatic rings. The molecule has 0 amide bonds. The predicted octanol–water partition coefficient (Wildman–Crippen LogP) is 11.5. The van der Waals surface area contributed by atoms with Gasteiger partial charge in [-0.25, -0.2) is 0 Å². The minimum absolute atomic E-state index is 0.0556. The van der Waals surface area contributed by atoms with Gasteiger partial charge in [0.2, 0.25) is 0 Å². The van der Waals surface area contributed by atoms with Crippen molar-refractivity contribution in [3.8, 4) is 0 Å². The van der Waals surface area contributed by atoms with E-state index in [1.165, 1.54) is 141 Å². The summed E-state index contributed by atoms with van der Waals surface area (Å²) in [5.74, 6) is -0.376. The van der Waals surface area contributed by atoms with E-state index < -0.39 is 80.7 Å². The van der Waals surface area contributed by atoms with Gasteiger partial charge in [0.1, 0.15) is 54.9 Å². The summed E-state index contributed by atoms with van der Waals surface area (Å²) < 4.78 is 34.4. The fourth-order valence-corrected chi connectivity index (χ4v) is 9.69. The standard InChI is InChI=1S/C62H112O14/c1-3-5-7-9-11-13-15-17-19-21-23-25-26-27-29-31-33-35-37-39-41-43-45-54(64)74-51(48-71-46-44-42-40-38-36-34-32-30-28-24-22-20-18-16-14-12-10-8-6-4-2)49-72-61-60(70)58(68)56(66)53(76-61)50-73-62-59(69)57(67)55(65)52(47-63)75-62/h6,8,12,14,18,20,24,28,51-53,55-63,65-70H,3-5,7,9-11,13,15-17,19,21-23,25-27,29-50H2,1-2H3/b8-6-,14-12-,20-18-,28-24-. The fraction of sp³-hybridized carbons (Fsp3) is 0.855. The summed E-state index contributed by atoms with van der Waals surface area (Å²) in [6, 6.07) is 0. The molecule has 2 saturated heterocycles. The van der Waals surface area contributed by atoms with Crippen LogP contribution in [0.4, 0.5) is 0 Å². The van der Waals surface area contributed by atoms with Crippen LogP contribution in [0.15, 0.2) is 48.6 Å². The molecule has 2 aliphatic rings. The molecule has 2 rings (SSSR count). The van der Waals surface area contributed by atoms with Crippen molar-refractivity contribution >= 4 is 5.97 Å². The zero-order valence-corrected chi connectivity index (χ0v) is 47.7. The molecule has 0 spiro atoms. The van der Waals surface area contributed by atoms with Crippen LogP contribution in [0.1, 0.15) is 239 Å². The van der Waals surface area contributed by atoms with Crippen LogP contribution >= 0.6 is 0 Å². The first-order valence-corrected chi connectivity index (χ1v) is 30.7. The molecule has 76 heavy (non-hydrogen) atoms. The first kappa shape index (κ1) is 70.1. The summed E-state index contributed by atoms with van der Waals surface area (Å²) in [6.45, 7) is 3.59. The van der Waals surface area contributed by atoms with E-state index in [4.69, 9.17) is 28.4 Å². The van der Waals surface area contributed by atoms with Crippen LogP contribution in [-0.2, 0) is 33.2 Å².